The van der Waals surface area contributed by atoms with Crippen LogP contribution in [-0.4, -0.2) is 0 Å². The van der Waals surface area contributed by atoms with Crippen LogP contribution < -0.4 is 0 Å². The highest BCUT2D eigenvalue weighted by Gasteiger charge is 2.01. The van der Waals surface area contributed by atoms with Crippen LogP contribution in [0.5, 0.6) is 0 Å². The molecule has 80 valence electrons. The molecule has 0 unspecified atom stereocenters. The largest absolute Gasteiger partial charge is 0.0862 e. The molecule has 0 radical (unpaired) electrons. The van der Waals surface area contributed by atoms with Crippen molar-refractivity contribution in [3.63, 3.8) is 0 Å². The van der Waals surface area contributed by atoms with Gasteiger partial charge in [0, 0.05) is 4.91 Å². The molecule has 3 nitrogen and oxygen atoms in total. The average Bonchev–Trinajstić information content (AvgIpc) is 2.27. The van der Waals surface area contributed by atoms with Gasteiger partial charge in [-0.3, -0.25) is 0 Å². The van der Waals surface area contributed by atoms with Gasteiger partial charge in [-0.05, 0) is 29.5 Å². The summed E-state index contributed by atoms with van der Waals surface area (Å²) in [7, 11) is 0. The third-order valence-electron chi connectivity index (χ3n) is 2.51. The summed E-state index contributed by atoms with van der Waals surface area (Å²) < 4.78 is 0. The van der Waals surface area contributed by atoms with E-state index in [0.29, 0.717) is 0 Å². The van der Waals surface area contributed by atoms with Crippen LogP contribution in [0.25, 0.3) is 10.4 Å². The van der Waals surface area contributed by atoms with Crippen molar-refractivity contribution >= 4 is 0 Å². The van der Waals surface area contributed by atoms with E-state index < -0.39 is 0 Å². The second-order valence-corrected chi connectivity index (χ2v) is 3.73. The smallest absolute Gasteiger partial charge is 0.0597 e. The van der Waals surface area contributed by atoms with Gasteiger partial charge in [0.05, 0.1) is 6.04 Å². The van der Waals surface area contributed by atoms with Crippen LogP contribution in [0.15, 0.2) is 29.4 Å². The number of aryl methyl sites for hydroxylation is 1. The summed E-state index contributed by atoms with van der Waals surface area (Å²) in [6.07, 6.45) is 3.58. The molecule has 0 N–H and O–H groups in total. The quantitative estimate of drug-likeness (QED) is 0.387. The predicted molar refractivity (Wildman–Crippen MR) is 62.6 cm³/mol. The fourth-order valence-electron chi connectivity index (χ4n) is 1.49. The van der Waals surface area contributed by atoms with Gasteiger partial charge < -0.3 is 0 Å². The summed E-state index contributed by atoms with van der Waals surface area (Å²) in [5.41, 5.74) is 10.8. The molecule has 1 rings (SSSR count). The van der Waals surface area contributed by atoms with E-state index in [4.69, 9.17) is 5.53 Å². The van der Waals surface area contributed by atoms with E-state index in [2.05, 4.69) is 29.1 Å². The Bertz CT molecular complexity index is 336. The highest BCUT2D eigenvalue weighted by molar-refractivity contribution is 5.24. The van der Waals surface area contributed by atoms with E-state index in [9.17, 15) is 0 Å². The molecule has 0 aliphatic rings. The van der Waals surface area contributed by atoms with E-state index in [-0.39, 0.29) is 6.04 Å². The first-order valence-corrected chi connectivity index (χ1v) is 5.41. The van der Waals surface area contributed by atoms with Gasteiger partial charge >= 0.3 is 0 Å². The first-order chi connectivity index (χ1) is 7.27. The van der Waals surface area contributed by atoms with E-state index in [0.717, 1.165) is 12.0 Å². The minimum atomic E-state index is -0.0739. The van der Waals surface area contributed by atoms with E-state index in [1.807, 2.05) is 19.1 Å². The van der Waals surface area contributed by atoms with Crippen LogP contribution in [0.4, 0.5) is 0 Å². The fourth-order valence-corrected chi connectivity index (χ4v) is 1.49. The van der Waals surface area contributed by atoms with Gasteiger partial charge in [-0.2, -0.15) is 0 Å². The second-order valence-electron chi connectivity index (χ2n) is 3.73. The Morgan fingerprint density at radius 3 is 2.53 bits per heavy atom. The summed E-state index contributed by atoms with van der Waals surface area (Å²) in [6, 6.07) is 8.26. The van der Waals surface area contributed by atoms with Crippen LogP contribution in [0, 0.1) is 0 Å². The first-order valence-electron chi connectivity index (χ1n) is 5.41. The Kier molecular flexibility index (Phi) is 4.72. The normalized spacial score (nSPS) is 11.9. The monoisotopic (exact) mass is 203 g/mol. The maximum absolute atomic E-state index is 8.33. The molecule has 1 aromatic carbocycles. The number of hydrogen-bond donors (Lipinski definition) is 0. The highest BCUT2D eigenvalue weighted by Crippen LogP contribution is 2.17. The molecule has 0 bridgehead atoms. The molecule has 15 heavy (non-hydrogen) atoms. The van der Waals surface area contributed by atoms with Crippen molar-refractivity contribution in [3.8, 4) is 0 Å². The van der Waals surface area contributed by atoms with E-state index >= 15 is 0 Å². The van der Waals surface area contributed by atoms with E-state index in [1.165, 1.54) is 18.4 Å². The summed E-state index contributed by atoms with van der Waals surface area (Å²) in [5.74, 6) is 0. The zero-order chi connectivity index (χ0) is 11.1. The summed E-state index contributed by atoms with van der Waals surface area (Å²) in [6.45, 7) is 4.10. The lowest BCUT2D eigenvalue weighted by molar-refractivity contribution is 0.787. The lowest BCUT2D eigenvalue weighted by atomic mass is 10.0. The van der Waals surface area contributed by atoms with Crippen molar-refractivity contribution in [2.75, 3.05) is 0 Å². The molecule has 0 aromatic heterocycles. The molecule has 3 heteroatoms. The van der Waals surface area contributed by atoms with Crippen LogP contribution in [-0.2, 0) is 6.42 Å². The topological polar surface area (TPSA) is 48.8 Å². The fraction of sp³-hybridized carbons (Fsp3) is 0.500. The van der Waals surface area contributed by atoms with Crippen LogP contribution >= 0.6 is 0 Å². The summed E-state index contributed by atoms with van der Waals surface area (Å²) >= 11 is 0. The van der Waals surface area contributed by atoms with Crippen molar-refractivity contribution in [2.24, 2.45) is 5.11 Å². The SMILES string of the molecule is CCCCc1ccc([C@@H](C)N=[N+]=[N-])cc1. The van der Waals surface area contributed by atoms with Gasteiger partial charge in [0.25, 0.3) is 0 Å². The van der Waals surface area contributed by atoms with Crippen LogP contribution in [0.3, 0.4) is 0 Å². The van der Waals surface area contributed by atoms with Crippen molar-refractivity contribution < 1.29 is 0 Å². The zero-order valence-electron chi connectivity index (χ0n) is 9.35. The number of rotatable bonds is 5. The van der Waals surface area contributed by atoms with Gasteiger partial charge in [-0.25, -0.2) is 0 Å². The van der Waals surface area contributed by atoms with Gasteiger partial charge in [-0.15, -0.1) is 0 Å². The average molecular weight is 203 g/mol. The van der Waals surface area contributed by atoms with E-state index in [1.54, 1.807) is 0 Å². The molecule has 0 saturated heterocycles. The van der Waals surface area contributed by atoms with Crippen molar-refractivity contribution in [2.45, 2.75) is 39.2 Å². The molecular weight excluding hydrogens is 186 g/mol. The molecule has 0 amide bonds. The lowest BCUT2D eigenvalue weighted by Gasteiger charge is -2.06. The molecule has 0 heterocycles. The highest BCUT2D eigenvalue weighted by atomic mass is 15.1. The Morgan fingerprint density at radius 2 is 2.00 bits per heavy atom. The van der Waals surface area contributed by atoms with Crippen molar-refractivity contribution in [3.05, 3.63) is 45.8 Å². The summed E-state index contributed by atoms with van der Waals surface area (Å²) in [5, 5.41) is 3.67. The zero-order valence-corrected chi connectivity index (χ0v) is 9.35. The summed E-state index contributed by atoms with van der Waals surface area (Å²) in [4.78, 5) is 2.81. The third-order valence-corrected chi connectivity index (χ3v) is 2.51. The first kappa shape index (κ1) is 11.6. The minimum Gasteiger partial charge on any atom is -0.0862 e. The Morgan fingerprint density at radius 1 is 1.33 bits per heavy atom. The molecular formula is C12H17N3. The number of unbranched alkanes of at least 4 members (excludes halogenated alkanes) is 1. The molecule has 1 atom stereocenters. The number of benzene rings is 1. The Labute approximate surface area is 90.8 Å². The molecule has 0 aliphatic heterocycles. The molecule has 0 fully saturated rings. The molecule has 0 saturated carbocycles. The molecule has 0 aliphatic carbocycles. The van der Waals surface area contributed by atoms with Gasteiger partial charge in [0.1, 0.15) is 0 Å². The Balaban J connectivity index is 2.67. The number of hydrogen-bond acceptors (Lipinski definition) is 1. The standard InChI is InChI=1S/C12H17N3/c1-3-4-5-11-6-8-12(9-7-11)10(2)14-15-13/h6-10H,3-5H2,1-2H3/t10-/m1/s1. The minimum absolute atomic E-state index is 0.0739. The van der Waals surface area contributed by atoms with Gasteiger partial charge in [-0.1, -0.05) is 49.6 Å². The number of azide groups is 1. The maximum Gasteiger partial charge on any atom is 0.0597 e. The lowest BCUT2D eigenvalue weighted by Crippen LogP contribution is -1.90. The van der Waals surface area contributed by atoms with Crippen LogP contribution in [0.1, 0.15) is 43.9 Å². The third kappa shape index (κ3) is 3.64. The van der Waals surface area contributed by atoms with Crippen molar-refractivity contribution in [1.29, 1.82) is 0 Å². The number of nitrogens with zero attached hydrogens (tertiary/aromatic N) is 3. The van der Waals surface area contributed by atoms with Gasteiger partial charge in [0.2, 0.25) is 0 Å². The predicted octanol–water partition coefficient (Wildman–Crippen LogP) is 4.40. The van der Waals surface area contributed by atoms with Crippen molar-refractivity contribution in [1.82, 2.24) is 0 Å². The Hall–Kier alpha value is -1.47. The molecule has 1 aromatic rings. The van der Waals surface area contributed by atoms with Crippen LogP contribution in [0.2, 0.25) is 0 Å². The maximum atomic E-state index is 8.33. The van der Waals surface area contributed by atoms with Gasteiger partial charge in [0.15, 0.2) is 0 Å². The molecule has 0 spiro atoms. The second kappa shape index (κ2) is 6.10.